The van der Waals surface area contributed by atoms with Crippen molar-refractivity contribution in [1.29, 1.82) is 0 Å². The number of rotatable bonds is 11. The topological polar surface area (TPSA) is 104 Å². The third kappa shape index (κ3) is 6.08. The predicted molar refractivity (Wildman–Crippen MR) is 133 cm³/mol. The van der Waals surface area contributed by atoms with E-state index in [1.54, 1.807) is 19.1 Å². The van der Waals surface area contributed by atoms with E-state index < -0.39 is 22.0 Å². The van der Waals surface area contributed by atoms with Gasteiger partial charge in [0, 0.05) is 26.1 Å². The predicted octanol–water partition coefficient (Wildman–Crippen LogP) is 3.25. The minimum atomic E-state index is -3.91. The molecule has 3 amide bonds. The third-order valence-electron chi connectivity index (χ3n) is 6.10. The molecule has 1 N–H and O–H groups in total. The minimum Gasteiger partial charge on any atom is -0.354 e. The van der Waals surface area contributed by atoms with Gasteiger partial charge in [-0.15, -0.1) is 0 Å². The molecule has 0 bridgehead atoms. The SMILES string of the molecule is CCCCNC(=O)[C@@H](C)N(Cc1cccc(C)c1)C(=O)CCCN1C(=O)c2ccccc2S1(=O)=O. The summed E-state index contributed by atoms with van der Waals surface area (Å²) in [4.78, 5) is 40.1. The monoisotopic (exact) mass is 499 g/mol. The molecule has 35 heavy (non-hydrogen) atoms. The van der Waals surface area contributed by atoms with E-state index in [0.29, 0.717) is 6.54 Å². The lowest BCUT2D eigenvalue weighted by Gasteiger charge is -2.29. The van der Waals surface area contributed by atoms with E-state index in [1.165, 1.54) is 17.0 Å². The van der Waals surface area contributed by atoms with Crippen LogP contribution in [0.25, 0.3) is 0 Å². The number of hydrogen-bond acceptors (Lipinski definition) is 5. The lowest BCUT2D eigenvalue weighted by molar-refractivity contribution is -0.140. The second-order valence-electron chi connectivity index (χ2n) is 8.81. The number of carbonyl (C=O) groups is 3. The molecule has 2 aromatic carbocycles. The van der Waals surface area contributed by atoms with Gasteiger partial charge >= 0.3 is 0 Å². The van der Waals surface area contributed by atoms with Crippen molar-refractivity contribution in [3.8, 4) is 0 Å². The molecule has 0 aliphatic carbocycles. The Hall–Kier alpha value is -3.20. The molecule has 2 aromatic rings. The lowest BCUT2D eigenvalue weighted by Crippen LogP contribution is -2.48. The number of sulfonamides is 1. The number of carbonyl (C=O) groups excluding carboxylic acids is 3. The van der Waals surface area contributed by atoms with Crippen LogP contribution in [0.15, 0.2) is 53.4 Å². The maximum absolute atomic E-state index is 13.2. The van der Waals surface area contributed by atoms with Crippen molar-refractivity contribution in [3.05, 3.63) is 65.2 Å². The fourth-order valence-electron chi connectivity index (χ4n) is 4.10. The Morgan fingerprint density at radius 1 is 1.09 bits per heavy atom. The molecule has 0 spiro atoms. The van der Waals surface area contributed by atoms with E-state index in [9.17, 15) is 22.8 Å². The van der Waals surface area contributed by atoms with Gasteiger partial charge < -0.3 is 10.2 Å². The van der Waals surface area contributed by atoms with Crippen LogP contribution in [0.2, 0.25) is 0 Å². The highest BCUT2D eigenvalue weighted by Crippen LogP contribution is 2.30. The van der Waals surface area contributed by atoms with Crippen molar-refractivity contribution in [2.24, 2.45) is 0 Å². The van der Waals surface area contributed by atoms with Crippen LogP contribution in [0.1, 0.15) is 61.0 Å². The summed E-state index contributed by atoms with van der Waals surface area (Å²) in [5.74, 6) is -1.08. The Morgan fingerprint density at radius 3 is 2.51 bits per heavy atom. The summed E-state index contributed by atoms with van der Waals surface area (Å²) in [5.41, 5.74) is 2.10. The number of benzene rings is 2. The van der Waals surface area contributed by atoms with Crippen molar-refractivity contribution in [1.82, 2.24) is 14.5 Å². The Bertz CT molecular complexity index is 1190. The zero-order valence-electron chi connectivity index (χ0n) is 20.5. The minimum absolute atomic E-state index is 0.00484. The molecular weight excluding hydrogens is 466 g/mol. The first-order chi connectivity index (χ1) is 16.7. The molecule has 9 heteroatoms. The molecule has 1 heterocycles. The summed E-state index contributed by atoms with van der Waals surface area (Å²) < 4.78 is 26.3. The van der Waals surface area contributed by atoms with Crippen molar-refractivity contribution in [3.63, 3.8) is 0 Å². The number of amides is 3. The highest BCUT2D eigenvalue weighted by molar-refractivity contribution is 7.90. The van der Waals surface area contributed by atoms with Crippen LogP contribution >= 0.6 is 0 Å². The second-order valence-corrected chi connectivity index (χ2v) is 10.6. The molecule has 0 saturated heterocycles. The molecule has 0 saturated carbocycles. The van der Waals surface area contributed by atoms with Gasteiger partial charge in [-0.2, -0.15) is 0 Å². The van der Waals surface area contributed by atoms with Gasteiger partial charge in [0.05, 0.1) is 5.56 Å². The maximum Gasteiger partial charge on any atom is 0.269 e. The molecule has 1 atom stereocenters. The standard InChI is InChI=1S/C26H33N3O5S/c1-4-5-15-27-25(31)20(3)28(18-21-11-8-10-19(2)17-21)24(30)14-9-16-29-26(32)22-12-6-7-13-23(22)35(29,33)34/h6-8,10-13,17,20H,4-5,9,14-16,18H2,1-3H3,(H,27,31)/t20-/m1/s1. The number of hydrogen-bond donors (Lipinski definition) is 1. The van der Waals surface area contributed by atoms with E-state index >= 15 is 0 Å². The summed E-state index contributed by atoms with van der Waals surface area (Å²) in [6, 6.07) is 13.1. The quantitative estimate of drug-likeness (QED) is 0.478. The van der Waals surface area contributed by atoms with Gasteiger partial charge in [0.2, 0.25) is 11.8 Å². The average molecular weight is 500 g/mol. The van der Waals surface area contributed by atoms with E-state index in [2.05, 4.69) is 5.32 Å². The van der Waals surface area contributed by atoms with Crippen molar-refractivity contribution < 1.29 is 22.8 Å². The molecule has 0 aromatic heterocycles. The van der Waals surface area contributed by atoms with Gasteiger partial charge in [-0.05, 0) is 44.4 Å². The smallest absolute Gasteiger partial charge is 0.269 e. The molecule has 8 nitrogen and oxygen atoms in total. The van der Waals surface area contributed by atoms with Gasteiger partial charge in [0.1, 0.15) is 10.9 Å². The summed E-state index contributed by atoms with van der Waals surface area (Å²) in [6.07, 6.45) is 1.97. The van der Waals surface area contributed by atoms with Crippen LogP contribution in [0, 0.1) is 6.92 Å². The van der Waals surface area contributed by atoms with Crippen molar-refractivity contribution in [2.45, 2.75) is 63.9 Å². The first-order valence-corrected chi connectivity index (χ1v) is 13.4. The van der Waals surface area contributed by atoms with Crippen LogP contribution in [-0.4, -0.2) is 54.5 Å². The zero-order valence-corrected chi connectivity index (χ0v) is 21.3. The van der Waals surface area contributed by atoms with Crippen LogP contribution in [0.5, 0.6) is 0 Å². The first-order valence-electron chi connectivity index (χ1n) is 12.0. The summed E-state index contributed by atoms with van der Waals surface area (Å²) in [5, 5.41) is 2.88. The number of fused-ring (bicyclic) bond motifs is 1. The number of nitrogens with zero attached hydrogens (tertiary/aromatic N) is 2. The Morgan fingerprint density at radius 2 is 1.83 bits per heavy atom. The molecule has 1 aliphatic rings. The fourth-order valence-corrected chi connectivity index (χ4v) is 5.70. The Balaban J connectivity index is 1.69. The highest BCUT2D eigenvalue weighted by atomic mass is 32.2. The summed E-state index contributed by atoms with van der Waals surface area (Å²) >= 11 is 0. The van der Waals surface area contributed by atoms with E-state index in [4.69, 9.17) is 0 Å². The fraction of sp³-hybridized carbons (Fsp3) is 0.423. The number of aryl methyl sites for hydroxylation is 1. The molecule has 0 fully saturated rings. The number of unbranched alkanes of at least 4 members (excludes halogenated alkanes) is 1. The normalized spacial score (nSPS) is 14.9. The highest BCUT2D eigenvalue weighted by Gasteiger charge is 2.40. The Kier molecular flexibility index (Phi) is 8.67. The molecule has 3 rings (SSSR count). The largest absolute Gasteiger partial charge is 0.354 e. The van der Waals surface area contributed by atoms with Crippen LogP contribution < -0.4 is 5.32 Å². The van der Waals surface area contributed by atoms with E-state index in [1.807, 2.05) is 38.1 Å². The zero-order chi connectivity index (χ0) is 25.6. The van der Waals surface area contributed by atoms with Gasteiger partial charge in [0.25, 0.3) is 15.9 Å². The van der Waals surface area contributed by atoms with Gasteiger partial charge in [-0.25, -0.2) is 12.7 Å². The summed E-state index contributed by atoms with van der Waals surface area (Å²) in [6.45, 7) is 6.39. The van der Waals surface area contributed by atoms with Crippen molar-refractivity contribution >= 4 is 27.7 Å². The molecular formula is C26H33N3O5S. The van der Waals surface area contributed by atoms with Gasteiger partial charge in [0.15, 0.2) is 0 Å². The Labute approximate surface area is 207 Å². The molecule has 1 aliphatic heterocycles. The van der Waals surface area contributed by atoms with E-state index in [0.717, 1.165) is 28.3 Å². The molecule has 188 valence electrons. The van der Waals surface area contributed by atoms with Crippen LogP contribution in [-0.2, 0) is 26.2 Å². The van der Waals surface area contributed by atoms with Crippen LogP contribution in [0.4, 0.5) is 0 Å². The lowest BCUT2D eigenvalue weighted by atomic mass is 10.1. The van der Waals surface area contributed by atoms with Crippen LogP contribution in [0.3, 0.4) is 0 Å². The van der Waals surface area contributed by atoms with E-state index in [-0.39, 0.29) is 48.2 Å². The average Bonchev–Trinajstić information content (AvgIpc) is 3.02. The van der Waals surface area contributed by atoms with Gasteiger partial charge in [-0.3, -0.25) is 14.4 Å². The molecule has 0 radical (unpaired) electrons. The molecule has 0 unspecified atom stereocenters. The third-order valence-corrected chi connectivity index (χ3v) is 7.94. The first kappa shape index (κ1) is 26.4. The maximum atomic E-state index is 13.2. The van der Waals surface area contributed by atoms with Gasteiger partial charge in [-0.1, -0.05) is 55.3 Å². The van der Waals surface area contributed by atoms with Crippen molar-refractivity contribution in [2.75, 3.05) is 13.1 Å². The second kappa shape index (κ2) is 11.5. The number of nitrogens with one attached hydrogen (secondary N) is 1. The summed E-state index contributed by atoms with van der Waals surface area (Å²) in [7, 11) is -3.91.